The molecule has 2 rings (SSSR count). The molecule has 2 fully saturated rings. The molecule has 0 bridgehead atoms. The molecule has 17 heavy (non-hydrogen) atoms. The van der Waals surface area contributed by atoms with Gasteiger partial charge in [0.25, 0.3) is 0 Å². The summed E-state index contributed by atoms with van der Waals surface area (Å²) in [6.07, 6.45) is 10.3. The lowest BCUT2D eigenvalue weighted by Crippen LogP contribution is -2.52. The molecule has 2 aliphatic carbocycles. The van der Waals surface area contributed by atoms with Crippen LogP contribution in [0.3, 0.4) is 0 Å². The lowest BCUT2D eigenvalue weighted by atomic mass is 9.74. The summed E-state index contributed by atoms with van der Waals surface area (Å²) >= 11 is 0. The Labute approximate surface area is 106 Å². The third-order valence-electron chi connectivity index (χ3n) is 4.81. The van der Waals surface area contributed by atoms with Gasteiger partial charge in [-0.15, -0.1) is 0 Å². The molecule has 0 spiro atoms. The second-order valence-corrected chi connectivity index (χ2v) is 6.31. The second-order valence-electron chi connectivity index (χ2n) is 6.31. The van der Waals surface area contributed by atoms with Crippen molar-refractivity contribution >= 4 is 0 Å². The fraction of sp³-hybridized carbons (Fsp3) is 1.00. The Bertz CT molecular complexity index is 229. The highest BCUT2D eigenvalue weighted by Gasteiger charge is 2.40. The Morgan fingerprint density at radius 1 is 1.24 bits per heavy atom. The van der Waals surface area contributed by atoms with Crippen molar-refractivity contribution in [3.63, 3.8) is 0 Å². The van der Waals surface area contributed by atoms with Gasteiger partial charge >= 0.3 is 0 Å². The van der Waals surface area contributed by atoms with Crippen LogP contribution in [0.1, 0.15) is 65.2 Å². The molecule has 0 aromatic carbocycles. The topological polar surface area (TPSA) is 35.2 Å². The van der Waals surface area contributed by atoms with Gasteiger partial charge in [0.15, 0.2) is 0 Å². The first-order chi connectivity index (χ1) is 8.16. The van der Waals surface area contributed by atoms with Gasteiger partial charge in [0.2, 0.25) is 0 Å². The molecule has 0 aromatic heterocycles. The molecule has 0 saturated heterocycles. The van der Waals surface area contributed by atoms with Crippen molar-refractivity contribution in [1.82, 2.24) is 0 Å². The summed E-state index contributed by atoms with van der Waals surface area (Å²) in [5.41, 5.74) is 6.48. The first-order valence-electron chi connectivity index (χ1n) is 7.56. The minimum atomic E-state index is 0.0101. The van der Waals surface area contributed by atoms with Gasteiger partial charge in [-0.05, 0) is 57.3 Å². The minimum Gasteiger partial charge on any atom is -0.374 e. The van der Waals surface area contributed by atoms with E-state index in [1.54, 1.807) is 0 Å². The van der Waals surface area contributed by atoms with Gasteiger partial charge in [-0.1, -0.05) is 19.8 Å². The number of nitrogens with two attached hydrogens (primary N) is 1. The molecular weight excluding hydrogens is 210 g/mol. The van der Waals surface area contributed by atoms with E-state index in [1.807, 2.05) is 0 Å². The number of hydrogen-bond acceptors (Lipinski definition) is 2. The maximum atomic E-state index is 6.47. The Hall–Kier alpha value is -0.0800. The molecule has 0 aliphatic heterocycles. The summed E-state index contributed by atoms with van der Waals surface area (Å²) in [5, 5.41) is 0. The van der Waals surface area contributed by atoms with Gasteiger partial charge in [-0.2, -0.15) is 0 Å². The van der Waals surface area contributed by atoms with Gasteiger partial charge in [0.1, 0.15) is 0 Å². The summed E-state index contributed by atoms with van der Waals surface area (Å²) in [6.45, 7) is 5.27. The van der Waals surface area contributed by atoms with Crippen LogP contribution in [-0.4, -0.2) is 18.2 Å². The highest BCUT2D eigenvalue weighted by molar-refractivity contribution is 4.95. The van der Waals surface area contributed by atoms with Crippen LogP contribution in [0.5, 0.6) is 0 Å². The van der Waals surface area contributed by atoms with Crippen LogP contribution in [0.4, 0.5) is 0 Å². The zero-order valence-electron chi connectivity index (χ0n) is 11.6. The van der Waals surface area contributed by atoms with Crippen molar-refractivity contribution < 1.29 is 4.74 Å². The van der Waals surface area contributed by atoms with Gasteiger partial charge in [-0.25, -0.2) is 0 Å². The van der Waals surface area contributed by atoms with E-state index in [4.69, 9.17) is 10.5 Å². The van der Waals surface area contributed by atoms with Crippen molar-refractivity contribution in [1.29, 1.82) is 0 Å². The lowest BCUT2D eigenvalue weighted by molar-refractivity contribution is -0.0903. The van der Waals surface area contributed by atoms with Crippen molar-refractivity contribution in [3.8, 4) is 0 Å². The maximum absolute atomic E-state index is 6.47. The lowest BCUT2D eigenvalue weighted by Gasteiger charge is -2.43. The number of hydrogen-bond donors (Lipinski definition) is 1. The average Bonchev–Trinajstić information content (AvgIpc) is 3.13. The molecule has 0 heterocycles. The molecule has 2 aliphatic rings. The summed E-state index contributed by atoms with van der Waals surface area (Å²) in [4.78, 5) is 0. The van der Waals surface area contributed by atoms with E-state index in [1.165, 1.54) is 51.4 Å². The van der Waals surface area contributed by atoms with E-state index in [2.05, 4.69) is 13.8 Å². The molecule has 1 atom stereocenters. The average molecular weight is 239 g/mol. The quantitative estimate of drug-likeness (QED) is 0.770. The van der Waals surface area contributed by atoms with Crippen molar-refractivity contribution in [2.24, 2.45) is 17.6 Å². The van der Waals surface area contributed by atoms with Crippen LogP contribution < -0.4 is 5.73 Å². The van der Waals surface area contributed by atoms with E-state index in [0.29, 0.717) is 0 Å². The van der Waals surface area contributed by atoms with E-state index >= 15 is 0 Å². The van der Waals surface area contributed by atoms with E-state index in [-0.39, 0.29) is 11.6 Å². The van der Waals surface area contributed by atoms with Crippen LogP contribution in [-0.2, 0) is 4.74 Å². The first-order valence-corrected chi connectivity index (χ1v) is 7.56. The molecule has 100 valence electrons. The van der Waals surface area contributed by atoms with Crippen LogP contribution in [0.25, 0.3) is 0 Å². The van der Waals surface area contributed by atoms with Crippen molar-refractivity contribution in [3.05, 3.63) is 0 Å². The van der Waals surface area contributed by atoms with Gasteiger partial charge < -0.3 is 10.5 Å². The normalized spacial score (nSPS) is 35.8. The summed E-state index contributed by atoms with van der Waals surface area (Å²) < 4.78 is 6.11. The number of ether oxygens (including phenoxy) is 1. The summed E-state index contributed by atoms with van der Waals surface area (Å²) in [7, 11) is 0. The molecule has 0 amide bonds. The summed E-state index contributed by atoms with van der Waals surface area (Å²) in [6, 6.07) is 0.260. The van der Waals surface area contributed by atoms with Crippen molar-refractivity contribution in [2.75, 3.05) is 6.61 Å². The van der Waals surface area contributed by atoms with Crippen LogP contribution >= 0.6 is 0 Å². The SMILES string of the molecule is CCOC1(C(N)CCC2CC2)CCC(C)CC1. The second kappa shape index (κ2) is 5.71. The molecule has 2 nitrogen and oxygen atoms in total. The third-order valence-corrected chi connectivity index (χ3v) is 4.81. The van der Waals surface area contributed by atoms with E-state index < -0.39 is 0 Å². The predicted molar refractivity (Wildman–Crippen MR) is 71.9 cm³/mol. The van der Waals surface area contributed by atoms with E-state index in [0.717, 1.165) is 18.4 Å². The van der Waals surface area contributed by atoms with Crippen molar-refractivity contribution in [2.45, 2.75) is 76.9 Å². The Morgan fingerprint density at radius 2 is 1.88 bits per heavy atom. The fourth-order valence-electron chi connectivity index (χ4n) is 3.25. The van der Waals surface area contributed by atoms with Gasteiger partial charge in [-0.3, -0.25) is 0 Å². The smallest absolute Gasteiger partial charge is 0.0832 e. The Kier molecular flexibility index (Phi) is 4.48. The van der Waals surface area contributed by atoms with E-state index in [9.17, 15) is 0 Å². The molecule has 2 N–H and O–H groups in total. The zero-order valence-corrected chi connectivity index (χ0v) is 11.6. The van der Waals surface area contributed by atoms with Crippen LogP contribution in [0, 0.1) is 11.8 Å². The predicted octanol–water partition coefficient (Wildman–Crippen LogP) is 3.49. The van der Waals surface area contributed by atoms with Crippen LogP contribution in [0.15, 0.2) is 0 Å². The molecule has 1 unspecified atom stereocenters. The molecule has 0 aromatic rings. The van der Waals surface area contributed by atoms with Gasteiger partial charge in [0, 0.05) is 12.6 Å². The highest BCUT2D eigenvalue weighted by atomic mass is 16.5. The van der Waals surface area contributed by atoms with Gasteiger partial charge in [0.05, 0.1) is 5.60 Å². The molecule has 2 heteroatoms. The molecule has 0 radical (unpaired) electrons. The minimum absolute atomic E-state index is 0.0101. The fourth-order valence-corrected chi connectivity index (χ4v) is 3.25. The zero-order chi connectivity index (χ0) is 12.3. The Morgan fingerprint density at radius 3 is 2.41 bits per heavy atom. The largest absolute Gasteiger partial charge is 0.374 e. The molecule has 2 saturated carbocycles. The maximum Gasteiger partial charge on any atom is 0.0832 e. The third kappa shape index (κ3) is 3.45. The summed E-state index contributed by atoms with van der Waals surface area (Å²) in [5.74, 6) is 1.85. The first kappa shape index (κ1) is 13.4. The molecular formula is C15H29NO. The Balaban J connectivity index is 1.88. The highest BCUT2D eigenvalue weighted by Crippen LogP contribution is 2.40. The van der Waals surface area contributed by atoms with Crippen LogP contribution in [0.2, 0.25) is 0 Å². The number of rotatable bonds is 6. The monoisotopic (exact) mass is 239 g/mol. The standard InChI is InChI=1S/C15H29NO/c1-3-17-15(10-8-12(2)9-11-15)14(16)7-6-13-4-5-13/h12-14H,3-11,16H2,1-2H3.